The van der Waals surface area contributed by atoms with E-state index in [9.17, 15) is 16.8 Å². The van der Waals surface area contributed by atoms with Gasteiger partial charge >= 0.3 is 10.2 Å². The van der Waals surface area contributed by atoms with Crippen LogP contribution in [0.15, 0.2) is 11.1 Å². The molecule has 9 nitrogen and oxygen atoms in total. The smallest absolute Gasteiger partial charge is 0.272 e. The van der Waals surface area contributed by atoms with E-state index in [0.717, 1.165) is 19.0 Å². The fraction of sp³-hybridized carbons (Fsp3) is 0.625. The maximum atomic E-state index is 12.0. The predicted octanol–water partition coefficient (Wildman–Crippen LogP) is -1.18. The van der Waals surface area contributed by atoms with E-state index in [0.29, 0.717) is 13.1 Å². The lowest BCUT2D eigenvalue weighted by molar-refractivity contribution is 0.482. The Morgan fingerprint density at radius 1 is 1.26 bits per heavy atom. The Kier molecular flexibility index (Phi) is 3.55. The van der Waals surface area contributed by atoms with Crippen molar-refractivity contribution in [3.05, 3.63) is 6.20 Å². The molecule has 0 aromatic carbocycles. The lowest BCUT2D eigenvalue weighted by atomic mass is 10.4. The van der Waals surface area contributed by atoms with Gasteiger partial charge in [0.15, 0.2) is 5.82 Å². The highest BCUT2D eigenvalue weighted by Gasteiger charge is 2.28. The number of nitrogens with zero attached hydrogens (tertiary/aromatic N) is 3. The molecule has 1 aromatic heterocycles. The van der Waals surface area contributed by atoms with Crippen LogP contribution in [0.5, 0.6) is 0 Å². The topological polar surface area (TPSA) is 127 Å². The normalized spacial score (nSPS) is 17.8. The van der Waals surface area contributed by atoms with Crippen LogP contribution in [0.3, 0.4) is 0 Å². The number of sulfonamides is 1. The summed E-state index contributed by atoms with van der Waals surface area (Å²) in [5.41, 5.74) is 0. The molecule has 2 heterocycles. The summed E-state index contributed by atoms with van der Waals surface area (Å²) < 4.78 is 51.3. The first-order valence-corrected chi connectivity index (χ1v) is 8.53. The second kappa shape index (κ2) is 4.74. The summed E-state index contributed by atoms with van der Waals surface area (Å²) in [6.45, 7) is 0.819. The molecule has 0 amide bonds. The van der Waals surface area contributed by atoms with Crippen molar-refractivity contribution in [2.45, 2.75) is 17.7 Å². The minimum atomic E-state index is -4.04. The minimum Gasteiger partial charge on any atom is -0.272 e. The number of rotatable bonds is 4. The third-order valence-corrected chi connectivity index (χ3v) is 5.14. The van der Waals surface area contributed by atoms with Gasteiger partial charge in [-0.05, 0) is 12.8 Å². The minimum absolute atomic E-state index is 0.281. The van der Waals surface area contributed by atoms with Crippen molar-refractivity contribution in [3.8, 4) is 0 Å². The van der Waals surface area contributed by atoms with E-state index >= 15 is 0 Å². The Morgan fingerprint density at radius 2 is 1.84 bits per heavy atom. The molecular weight excluding hydrogens is 294 g/mol. The van der Waals surface area contributed by atoms with Crippen molar-refractivity contribution in [1.82, 2.24) is 14.1 Å². The maximum Gasteiger partial charge on any atom is 0.302 e. The Morgan fingerprint density at radius 3 is 2.37 bits per heavy atom. The van der Waals surface area contributed by atoms with Gasteiger partial charge in [-0.25, -0.2) is 13.6 Å². The summed E-state index contributed by atoms with van der Waals surface area (Å²) in [6, 6.07) is 0. The Balaban J connectivity index is 2.34. The van der Waals surface area contributed by atoms with Gasteiger partial charge in [0, 0.05) is 26.3 Å². The average molecular weight is 309 g/mol. The molecule has 2 rings (SSSR count). The van der Waals surface area contributed by atoms with Crippen LogP contribution < -0.4 is 9.86 Å². The van der Waals surface area contributed by atoms with Crippen LogP contribution >= 0.6 is 0 Å². The monoisotopic (exact) mass is 309 g/mol. The maximum absolute atomic E-state index is 12.0. The van der Waals surface area contributed by atoms with Gasteiger partial charge in [0.05, 0.1) is 0 Å². The molecular formula is C8H15N5O4S2. The number of aryl methyl sites for hydroxylation is 1. The molecule has 108 valence electrons. The van der Waals surface area contributed by atoms with Gasteiger partial charge in [-0.15, -0.1) is 0 Å². The highest BCUT2D eigenvalue weighted by molar-refractivity contribution is 7.91. The van der Waals surface area contributed by atoms with Gasteiger partial charge in [0.25, 0.3) is 0 Å². The van der Waals surface area contributed by atoms with Crippen LogP contribution in [0.1, 0.15) is 12.8 Å². The van der Waals surface area contributed by atoms with Crippen molar-refractivity contribution in [3.63, 3.8) is 0 Å². The summed E-state index contributed by atoms with van der Waals surface area (Å²) in [4.78, 5) is -0.349. The molecule has 1 aromatic rings. The largest absolute Gasteiger partial charge is 0.302 e. The number of primary sulfonamides is 1. The molecule has 19 heavy (non-hydrogen) atoms. The van der Waals surface area contributed by atoms with E-state index in [1.807, 2.05) is 0 Å². The zero-order valence-corrected chi connectivity index (χ0v) is 11.9. The molecule has 0 bridgehead atoms. The summed E-state index contributed by atoms with van der Waals surface area (Å²) in [7, 11) is -6.36. The van der Waals surface area contributed by atoms with Crippen molar-refractivity contribution in [2.24, 2.45) is 12.2 Å². The molecule has 0 spiro atoms. The number of aromatic nitrogens is 2. The average Bonchev–Trinajstić information content (AvgIpc) is 2.85. The number of anilines is 1. The first-order valence-electron chi connectivity index (χ1n) is 5.54. The lowest BCUT2D eigenvalue weighted by Crippen LogP contribution is -2.34. The Labute approximate surface area is 111 Å². The molecule has 0 atom stereocenters. The Hall–Kier alpha value is -1.17. The van der Waals surface area contributed by atoms with Crippen molar-refractivity contribution < 1.29 is 16.8 Å². The fourth-order valence-electron chi connectivity index (χ4n) is 1.86. The van der Waals surface area contributed by atoms with Crippen LogP contribution in [0, 0.1) is 0 Å². The van der Waals surface area contributed by atoms with E-state index < -0.39 is 20.2 Å². The third kappa shape index (κ3) is 3.05. The molecule has 0 saturated carbocycles. The van der Waals surface area contributed by atoms with Crippen molar-refractivity contribution in [1.29, 1.82) is 0 Å². The highest BCUT2D eigenvalue weighted by atomic mass is 32.2. The molecule has 1 aliphatic rings. The van der Waals surface area contributed by atoms with Gasteiger partial charge in [-0.2, -0.15) is 17.8 Å². The number of hydrogen-bond acceptors (Lipinski definition) is 5. The highest BCUT2D eigenvalue weighted by Crippen LogP contribution is 2.21. The number of nitrogens with two attached hydrogens (primary N) is 1. The van der Waals surface area contributed by atoms with Gasteiger partial charge in [0.1, 0.15) is 4.90 Å². The lowest BCUT2D eigenvalue weighted by Gasteiger charge is -2.15. The second-order valence-corrected chi connectivity index (χ2v) is 7.47. The van der Waals surface area contributed by atoms with E-state index in [1.165, 1.54) is 16.0 Å². The first-order chi connectivity index (χ1) is 8.70. The summed E-state index contributed by atoms with van der Waals surface area (Å²) in [6.07, 6.45) is 2.72. The molecule has 1 aliphatic heterocycles. The van der Waals surface area contributed by atoms with E-state index in [2.05, 4.69) is 9.82 Å². The van der Waals surface area contributed by atoms with E-state index in [-0.39, 0.29) is 10.7 Å². The van der Waals surface area contributed by atoms with Crippen molar-refractivity contribution >= 4 is 26.1 Å². The van der Waals surface area contributed by atoms with Crippen LogP contribution in [0.25, 0.3) is 0 Å². The first kappa shape index (κ1) is 14.2. The Bertz CT molecular complexity index is 672. The zero-order valence-electron chi connectivity index (χ0n) is 10.3. The van der Waals surface area contributed by atoms with Gasteiger partial charge in [0.2, 0.25) is 10.0 Å². The molecule has 3 N–H and O–H groups in total. The van der Waals surface area contributed by atoms with E-state index in [1.54, 1.807) is 0 Å². The molecule has 0 unspecified atom stereocenters. The molecule has 1 saturated heterocycles. The number of hydrogen-bond donors (Lipinski definition) is 2. The zero-order chi connectivity index (χ0) is 14.3. The van der Waals surface area contributed by atoms with Crippen molar-refractivity contribution in [2.75, 3.05) is 17.8 Å². The van der Waals surface area contributed by atoms with Crippen LogP contribution in [0.2, 0.25) is 0 Å². The summed E-state index contributed by atoms with van der Waals surface area (Å²) in [5, 5.41) is 8.79. The SMILES string of the molecule is Cn1cc(S(N)(=O)=O)c(NS(=O)(=O)N2CCCC2)n1. The molecule has 1 fully saturated rings. The van der Waals surface area contributed by atoms with Gasteiger partial charge in [-0.1, -0.05) is 0 Å². The van der Waals surface area contributed by atoms with Crippen LogP contribution in [-0.4, -0.2) is 44.0 Å². The molecule has 11 heteroatoms. The van der Waals surface area contributed by atoms with Crippen LogP contribution in [0.4, 0.5) is 5.82 Å². The summed E-state index contributed by atoms with van der Waals surface area (Å²) in [5.74, 6) is -0.281. The van der Waals surface area contributed by atoms with E-state index in [4.69, 9.17) is 5.14 Å². The molecule has 0 radical (unpaired) electrons. The fourth-order valence-corrected chi connectivity index (χ4v) is 3.85. The van der Waals surface area contributed by atoms with Crippen LogP contribution in [-0.2, 0) is 27.3 Å². The molecule has 0 aliphatic carbocycles. The third-order valence-electron chi connectivity index (χ3n) is 2.73. The standard InChI is InChI=1S/C8H15N5O4S2/c1-12-6-7(18(9,14)15)8(10-12)11-19(16,17)13-4-2-3-5-13/h6H,2-5H2,1H3,(H,10,11)(H2,9,14,15). The van der Waals surface area contributed by atoms with Gasteiger partial charge < -0.3 is 0 Å². The van der Waals surface area contributed by atoms with Gasteiger partial charge in [-0.3, -0.25) is 9.40 Å². The predicted molar refractivity (Wildman–Crippen MR) is 67.9 cm³/mol. The summed E-state index contributed by atoms with van der Waals surface area (Å²) >= 11 is 0. The number of nitrogens with one attached hydrogen (secondary N) is 1. The second-order valence-electron chi connectivity index (χ2n) is 4.27. The quantitative estimate of drug-likeness (QED) is 0.723.